The predicted octanol–water partition coefficient (Wildman–Crippen LogP) is 6.84. The SMILES string of the molecule is C=Nc1ccc(OC(=O)c2ccc(C3CCC(CCCC)CC3)cc2)cc1F. The number of aliphatic imine (C=N–C) groups is 1. The molecule has 1 aliphatic rings. The molecule has 0 N–H and O–H groups in total. The van der Waals surface area contributed by atoms with Crippen LogP contribution in [0.3, 0.4) is 0 Å². The number of esters is 1. The Labute approximate surface area is 166 Å². The van der Waals surface area contributed by atoms with Crippen molar-refractivity contribution in [2.45, 2.75) is 57.8 Å². The third-order valence-electron chi connectivity index (χ3n) is 5.73. The van der Waals surface area contributed by atoms with Gasteiger partial charge in [0.15, 0.2) is 5.82 Å². The quantitative estimate of drug-likeness (QED) is 0.299. The van der Waals surface area contributed by atoms with Crippen LogP contribution in [0, 0.1) is 11.7 Å². The van der Waals surface area contributed by atoms with Crippen LogP contribution in [0.15, 0.2) is 47.5 Å². The van der Waals surface area contributed by atoms with Gasteiger partial charge in [-0.25, -0.2) is 9.18 Å². The molecular weight excluding hydrogens is 353 g/mol. The van der Waals surface area contributed by atoms with Gasteiger partial charge in [0, 0.05) is 6.07 Å². The third kappa shape index (κ3) is 5.06. The van der Waals surface area contributed by atoms with Gasteiger partial charge >= 0.3 is 5.97 Å². The van der Waals surface area contributed by atoms with Gasteiger partial charge < -0.3 is 4.74 Å². The molecule has 0 unspecified atom stereocenters. The average Bonchev–Trinajstić information content (AvgIpc) is 2.73. The highest BCUT2D eigenvalue weighted by atomic mass is 19.1. The second-order valence-electron chi connectivity index (χ2n) is 7.64. The highest BCUT2D eigenvalue weighted by Crippen LogP contribution is 2.37. The first-order valence-corrected chi connectivity index (χ1v) is 10.2. The largest absolute Gasteiger partial charge is 0.423 e. The number of nitrogens with zero attached hydrogens (tertiary/aromatic N) is 1. The summed E-state index contributed by atoms with van der Waals surface area (Å²) in [5.74, 6) is 0.563. The highest BCUT2D eigenvalue weighted by Gasteiger charge is 2.22. The zero-order chi connectivity index (χ0) is 19.9. The number of benzene rings is 2. The second-order valence-corrected chi connectivity index (χ2v) is 7.64. The molecule has 1 aliphatic carbocycles. The summed E-state index contributed by atoms with van der Waals surface area (Å²) in [6.45, 7) is 5.55. The van der Waals surface area contributed by atoms with Crippen molar-refractivity contribution in [3.63, 3.8) is 0 Å². The molecule has 0 radical (unpaired) electrons. The van der Waals surface area contributed by atoms with E-state index in [1.807, 2.05) is 12.1 Å². The van der Waals surface area contributed by atoms with Crippen LogP contribution in [-0.4, -0.2) is 12.7 Å². The Bertz CT molecular complexity index is 808. The minimum absolute atomic E-state index is 0.133. The first-order chi connectivity index (χ1) is 13.6. The normalized spacial score (nSPS) is 19.2. The van der Waals surface area contributed by atoms with Gasteiger partial charge in [-0.3, -0.25) is 4.99 Å². The lowest BCUT2D eigenvalue weighted by Crippen LogP contribution is -2.14. The van der Waals surface area contributed by atoms with Gasteiger partial charge in [-0.05, 0) is 74.1 Å². The van der Waals surface area contributed by atoms with E-state index in [2.05, 4.69) is 18.6 Å². The van der Waals surface area contributed by atoms with E-state index in [0.29, 0.717) is 11.5 Å². The van der Waals surface area contributed by atoms with Crippen molar-refractivity contribution in [2.24, 2.45) is 10.9 Å². The van der Waals surface area contributed by atoms with E-state index in [-0.39, 0.29) is 11.4 Å². The van der Waals surface area contributed by atoms with Crippen LogP contribution in [0.5, 0.6) is 5.75 Å². The maximum absolute atomic E-state index is 13.7. The lowest BCUT2D eigenvalue weighted by atomic mass is 9.77. The molecule has 0 aliphatic heterocycles. The van der Waals surface area contributed by atoms with Crippen LogP contribution in [0.4, 0.5) is 10.1 Å². The molecule has 4 heteroatoms. The second kappa shape index (κ2) is 9.63. The maximum atomic E-state index is 13.7. The molecule has 0 heterocycles. The van der Waals surface area contributed by atoms with E-state index in [1.54, 1.807) is 12.1 Å². The smallest absolute Gasteiger partial charge is 0.343 e. The van der Waals surface area contributed by atoms with Gasteiger partial charge in [-0.15, -0.1) is 0 Å². The number of hydrogen-bond acceptors (Lipinski definition) is 3. The zero-order valence-electron chi connectivity index (χ0n) is 16.5. The Balaban J connectivity index is 1.57. The Morgan fingerprint density at radius 2 is 1.86 bits per heavy atom. The molecule has 28 heavy (non-hydrogen) atoms. The van der Waals surface area contributed by atoms with Crippen molar-refractivity contribution in [1.29, 1.82) is 0 Å². The fourth-order valence-electron chi connectivity index (χ4n) is 4.01. The Morgan fingerprint density at radius 3 is 2.46 bits per heavy atom. The topological polar surface area (TPSA) is 38.7 Å². The Hall–Kier alpha value is -2.49. The van der Waals surface area contributed by atoms with Gasteiger partial charge in [0.1, 0.15) is 5.75 Å². The van der Waals surface area contributed by atoms with Crippen molar-refractivity contribution >= 4 is 18.4 Å². The van der Waals surface area contributed by atoms with Gasteiger partial charge in [0.25, 0.3) is 0 Å². The first-order valence-electron chi connectivity index (χ1n) is 10.2. The lowest BCUT2D eigenvalue weighted by molar-refractivity contribution is 0.0734. The summed E-state index contributed by atoms with van der Waals surface area (Å²) < 4.78 is 19.0. The minimum atomic E-state index is -0.565. The highest BCUT2D eigenvalue weighted by molar-refractivity contribution is 5.91. The standard InChI is InChI=1S/C24H28FNO2/c1-3-4-5-17-6-8-18(9-7-17)19-10-12-20(13-11-19)24(27)28-21-14-15-23(26-2)22(25)16-21/h10-18H,2-9H2,1H3. The maximum Gasteiger partial charge on any atom is 0.343 e. The number of ether oxygens (including phenoxy) is 1. The first kappa shape index (κ1) is 20.2. The van der Waals surface area contributed by atoms with E-state index in [1.165, 1.54) is 62.6 Å². The van der Waals surface area contributed by atoms with Gasteiger partial charge in [0.05, 0.1) is 11.3 Å². The van der Waals surface area contributed by atoms with Crippen molar-refractivity contribution in [3.8, 4) is 5.75 Å². The summed E-state index contributed by atoms with van der Waals surface area (Å²) in [6.07, 6.45) is 9.02. The van der Waals surface area contributed by atoms with Crippen LogP contribution < -0.4 is 4.74 Å². The molecule has 1 fully saturated rings. The van der Waals surface area contributed by atoms with E-state index < -0.39 is 11.8 Å². The zero-order valence-corrected chi connectivity index (χ0v) is 16.5. The molecule has 1 saturated carbocycles. The van der Waals surface area contributed by atoms with Crippen LogP contribution >= 0.6 is 0 Å². The molecular formula is C24H28FNO2. The number of carbonyl (C=O) groups excluding carboxylic acids is 1. The van der Waals surface area contributed by atoms with Crippen molar-refractivity contribution < 1.29 is 13.9 Å². The van der Waals surface area contributed by atoms with E-state index >= 15 is 0 Å². The van der Waals surface area contributed by atoms with Crippen molar-refractivity contribution in [3.05, 3.63) is 59.4 Å². The molecule has 0 spiro atoms. The summed E-state index contributed by atoms with van der Waals surface area (Å²) in [7, 11) is 0. The van der Waals surface area contributed by atoms with Crippen LogP contribution in [0.25, 0.3) is 0 Å². The van der Waals surface area contributed by atoms with Crippen LogP contribution in [0.2, 0.25) is 0 Å². The molecule has 0 amide bonds. The Morgan fingerprint density at radius 1 is 1.14 bits per heavy atom. The monoisotopic (exact) mass is 381 g/mol. The summed E-state index contributed by atoms with van der Waals surface area (Å²) in [5.41, 5.74) is 1.89. The number of unbranched alkanes of at least 4 members (excludes halogenated alkanes) is 1. The van der Waals surface area contributed by atoms with E-state index in [9.17, 15) is 9.18 Å². The molecule has 0 aromatic heterocycles. The number of rotatable bonds is 7. The Kier molecular flexibility index (Phi) is 6.96. The summed E-state index contributed by atoms with van der Waals surface area (Å²) in [6, 6.07) is 11.8. The summed E-state index contributed by atoms with van der Waals surface area (Å²) >= 11 is 0. The van der Waals surface area contributed by atoms with Crippen molar-refractivity contribution in [1.82, 2.24) is 0 Å². The number of halogens is 1. The fraction of sp³-hybridized carbons (Fsp3) is 0.417. The molecule has 0 saturated heterocycles. The van der Waals surface area contributed by atoms with Crippen LogP contribution in [0.1, 0.15) is 73.7 Å². The molecule has 2 aromatic carbocycles. The third-order valence-corrected chi connectivity index (χ3v) is 5.73. The molecule has 148 valence electrons. The fourth-order valence-corrected chi connectivity index (χ4v) is 4.01. The lowest BCUT2D eigenvalue weighted by Gasteiger charge is -2.28. The number of hydrogen-bond donors (Lipinski definition) is 0. The minimum Gasteiger partial charge on any atom is -0.423 e. The van der Waals surface area contributed by atoms with Crippen LogP contribution in [-0.2, 0) is 0 Å². The number of carbonyl (C=O) groups is 1. The van der Waals surface area contributed by atoms with Gasteiger partial charge in [0.2, 0.25) is 0 Å². The summed E-state index contributed by atoms with van der Waals surface area (Å²) in [4.78, 5) is 15.9. The molecule has 0 atom stereocenters. The molecule has 3 rings (SSSR count). The summed E-state index contributed by atoms with van der Waals surface area (Å²) in [5, 5.41) is 0. The van der Waals surface area contributed by atoms with E-state index in [0.717, 1.165) is 12.0 Å². The van der Waals surface area contributed by atoms with Gasteiger partial charge in [-0.2, -0.15) is 0 Å². The molecule has 2 aromatic rings. The van der Waals surface area contributed by atoms with Crippen molar-refractivity contribution in [2.75, 3.05) is 0 Å². The molecule has 0 bridgehead atoms. The van der Waals surface area contributed by atoms with Gasteiger partial charge in [-0.1, -0.05) is 38.3 Å². The average molecular weight is 381 g/mol. The van der Waals surface area contributed by atoms with E-state index in [4.69, 9.17) is 4.74 Å². The molecule has 3 nitrogen and oxygen atoms in total. The predicted molar refractivity (Wildman–Crippen MR) is 111 cm³/mol.